The first-order valence-corrected chi connectivity index (χ1v) is 10.4. The molecule has 1 saturated heterocycles. The van der Waals surface area contributed by atoms with Crippen molar-refractivity contribution in [3.05, 3.63) is 57.6 Å². The summed E-state index contributed by atoms with van der Waals surface area (Å²) in [7, 11) is 1.49. The summed E-state index contributed by atoms with van der Waals surface area (Å²) in [6.07, 6.45) is 1.36. The van der Waals surface area contributed by atoms with E-state index in [-0.39, 0.29) is 16.8 Å². The van der Waals surface area contributed by atoms with Crippen molar-refractivity contribution in [1.82, 2.24) is 5.32 Å². The van der Waals surface area contributed by atoms with Gasteiger partial charge in [-0.05, 0) is 75.3 Å². The van der Waals surface area contributed by atoms with Crippen molar-refractivity contribution in [2.75, 3.05) is 12.0 Å². The van der Waals surface area contributed by atoms with Crippen LogP contribution in [0, 0.1) is 13.8 Å². The number of ether oxygens (including phenoxy) is 2. The highest BCUT2D eigenvalue weighted by Crippen LogP contribution is 2.38. The molecule has 3 rings (SSSR count). The number of carbonyl (C=O) groups excluding carboxylic acids is 2. The molecule has 6 nitrogen and oxygen atoms in total. The van der Waals surface area contributed by atoms with Crippen LogP contribution in [0.4, 0.5) is 5.69 Å². The minimum Gasteiger partial charge on any atom is -0.493 e. The lowest BCUT2D eigenvalue weighted by atomic mass is 10.0. The van der Waals surface area contributed by atoms with Gasteiger partial charge in [-0.15, -0.1) is 0 Å². The molecule has 0 unspecified atom stereocenters. The van der Waals surface area contributed by atoms with Crippen LogP contribution in [0.1, 0.15) is 30.5 Å². The van der Waals surface area contributed by atoms with E-state index in [2.05, 4.69) is 5.32 Å². The molecule has 1 aliphatic rings. The Hall–Kier alpha value is -2.90. The Kier molecular flexibility index (Phi) is 6.67. The Bertz CT molecular complexity index is 1110. The summed E-state index contributed by atoms with van der Waals surface area (Å²) in [6.45, 7) is 7.60. The van der Waals surface area contributed by atoms with E-state index in [0.29, 0.717) is 27.8 Å². The smallest absolute Gasteiger partial charge is 0.270 e. The van der Waals surface area contributed by atoms with Crippen molar-refractivity contribution in [2.24, 2.45) is 0 Å². The van der Waals surface area contributed by atoms with Gasteiger partial charge in [0, 0.05) is 0 Å². The summed E-state index contributed by atoms with van der Waals surface area (Å²) in [4.78, 5) is 27.2. The van der Waals surface area contributed by atoms with Gasteiger partial charge in [0.05, 0.1) is 23.9 Å². The van der Waals surface area contributed by atoms with Crippen molar-refractivity contribution < 1.29 is 19.1 Å². The van der Waals surface area contributed by atoms with E-state index >= 15 is 0 Å². The van der Waals surface area contributed by atoms with Gasteiger partial charge in [0.1, 0.15) is 5.57 Å². The van der Waals surface area contributed by atoms with Gasteiger partial charge in [-0.2, -0.15) is 0 Å². The molecule has 2 aromatic carbocycles. The highest BCUT2D eigenvalue weighted by atomic mass is 35.5. The molecule has 1 heterocycles. The number of hydrogen-bond donors (Lipinski definition) is 1. The fourth-order valence-electron chi connectivity index (χ4n) is 3.27. The zero-order valence-electron chi connectivity index (χ0n) is 17.9. The highest BCUT2D eigenvalue weighted by molar-refractivity contribution is 7.80. The predicted octanol–water partition coefficient (Wildman–Crippen LogP) is 4.58. The van der Waals surface area contributed by atoms with E-state index in [0.717, 1.165) is 11.1 Å². The Balaban J connectivity index is 2.05. The quantitative estimate of drug-likeness (QED) is 0.403. The maximum Gasteiger partial charge on any atom is 0.270 e. The number of methoxy groups -OCH3 is 1. The minimum atomic E-state index is -0.575. The van der Waals surface area contributed by atoms with Crippen LogP contribution < -0.4 is 19.7 Å². The van der Waals surface area contributed by atoms with E-state index in [4.69, 9.17) is 33.3 Å². The molecular formula is C23H23ClN2O4S. The molecule has 31 heavy (non-hydrogen) atoms. The monoisotopic (exact) mass is 458 g/mol. The van der Waals surface area contributed by atoms with Crippen molar-refractivity contribution >= 4 is 52.5 Å². The van der Waals surface area contributed by atoms with E-state index < -0.39 is 11.8 Å². The average molecular weight is 459 g/mol. The van der Waals surface area contributed by atoms with Crippen molar-refractivity contribution in [2.45, 2.75) is 33.8 Å². The van der Waals surface area contributed by atoms with Crippen molar-refractivity contribution in [3.63, 3.8) is 0 Å². The van der Waals surface area contributed by atoms with Crippen LogP contribution in [-0.2, 0) is 9.59 Å². The molecule has 1 aliphatic heterocycles. The van der Waals surface area contributed by atoms with Gasteiger partial charge in [0.2, 0.25) is 0 Å². The molecule has 0 radical (unpaired) electrons. The largest absolute Gasteiger partial charge is 0.493 e. The summed E-state index contributed by atoms with van der Waals surface area (Å²) in [5.74, 6) is -0.288. The number of anilines is 1. The second-order valence-electron chi connectivity index (χ2n) is 7.45. The summed E-state index contributed by atoms with van der Waals surface area (Å²) < 4.78 is 11.1. The maximum atomic E-state index is 13.3. The van der Waals surface area contributed by atoms with E-state index in [9.17, 15) is 9.59 Å². The standard InChI is InChI=1S/C23H23ClN2O4S/c1-12(2)30-20-17(24)10-15(11-19(20)29-5)9-16-21(27)25-23(31)26(22(16)28)18-7-6-13(3)8-14(18)4/h6-12H,1-5H3,(H,25,27,31)/b16-9+. The number of nitrogens with zero attached hydrogens (tertiary/aromatic N) is 1. The molecule has 8 heteroatoms. The Morgan fingerprint density at radius 2 is 1.87 bits per heavy atom. The molecule has 1 fully saturated rings. The molecule has 2 amide bonds. The van der Waals surface area contributed by atoms with Crippen LogP contribution in [0.15, 0.2) is 35.9 Å². The molecule has 1 N–H and O–H groups in total. The lowest BCUT2D eigenvalue weighted by molar-refractivity contribution is -0.122. The molecule has 0 aromatic heterocycles. The van der Waals surface area contributed by atoms with Crippen LogP contribution in [-0.4, -0.2) is 30.1 Å². The lowest BCUT2D eigenvalue weighted by Gasteiger charge is -2.30. The number of carbonyl (C=O) groups is 2. The SMILES string of the molecule is COc1cc(/C=C2\C(=O)NC(=S)N(c3ccc(C)cc3C)C2=O)cc(Cl)c1OC(C)C. The molecule has 0 spiro atoms. The van der Waals surface area contributed by atoms with Gasteiger partial charge < -0.3 is 9.47 Å². The van der Waals surface area contributed by atoms with E-state index in [1.54, 1.807) is 12.1 Å². The zero-order valence-corrected chi connectivity index (χ0v) is 19.5. The first-order valence-electron chi connectivity index (χ1n) is 9.65. The van der Waals surface area contributed by atoms with Crippen LogP contribution in [0.25, 0.3) is 6.08 Å². The number of thiocarbonyl (C=S) groups is 1. The fourth-order valence-corrected chi connectivity index (χ4v) is 3.81. The number of aryl methyl sites for hydroxylation is 2. The third-order valence-corrected chi connectivity index (χ3v) is 5.18. The third kappa shape index (κ3) is 4.73. The topological polar surface area (TPSA) is 67.9 Å². The molecule has 0 atom stereocenters. The van der Waals surface area contributed by atoms with Gasteiger partial charge >= 0.3 is 0 Å². The van der Waals surface area contributed by atoms with Gasteiger partial charge in [0.25, 0.3) is 11.8 Å². The number of rotatable bonds is 5. The number of amides is 2. The molecule has 162 valence electrons. The maximum absolute atomic E-state index is 13.3. The average Bonchev–Trinajstić information content (AvgIpc) is 2.68. The summed E-state index contributed by atoms with van der Waals surface area (Å²) in [6, 6.07) is 8.91. The zero-order chi connectivity index (χ0) is 22.9. The normalized spacial score (nSPS) is 15.5. The third-order valence-electron chi connectivity index (χ3n) is 4.61. The second kappa shape index (κ2) is 9.08. The fraction of sp³-hybridized carbons (Fsp3) is 0.261. The van der Waals surface area contributed by atoms with Crippen LogP contribution in [0.5, 0.6) is 11.5 Å². The van der Waals surface area contributed by atoms with E-state index in [1.807, 2.05) is 45.9 Å². The molecule has 0 saturated carbocycles. The van der Waals surface area contributed by atoms with Crippen molar-refractivity contribution in [3.8, 4) is 11.5 Å². The second-order valence-corrected chi connectivity index (χ2v) is 8.24. The minimum absolute atomic E-state index is 0.0374. The molecule has 2 aromatic rings. The number of benzene rings is 2. The van der Waals surface area contributed by atoms with Crippen molar-refractivity contribution in [1.29, 1.82) is 0 Å². The Morgan fingerprint density at radius 3 is 2.48 bits per heavy atom. The van der Waals surface area contributed by atoms with Gasteiger partial charge in [-0.3, -0.25) is 19.8 Å². The van der Waals surface area contributed by atoms with Gasteiger partial charge in [-0.1, -0.05) is 29.3 Å². The first-order chi connectivity index (χ1) is 14.6. The first kappa shape index (κ1) is 22.8. The molecule has 0 aliphatic carbocycles. The van der Waals surface area contributed by atoms with E-state index in [1.165, 1.54) is 18.1 Å². The highest BCUT2D eigenvalue weighted by Gasteiger charge is 2.35. The number of nitrogens with one attached hydrogen (secondary N) is 1. The number of halogens is 1. The van der Waals surface area contributed by atoms with Crippen LogP contribution >= 0.6 is 23.8 Å². The summed E-state index contributed by atoms with van der Waals surface area (Å²) >= 11 is 11.7. The molecule has 0 bridgehead atoms. The van der Waals surface area contributed by atoms with Gasteiger partial charge in [0.15, 0.2) is 16.6 Å². The lowest BCUT2D eigenvalue weighted by Crippen LogP contribution is -2.54. The van der Waals surface area contributed by atoms with Crippen LogP contribution in [0.3, 0.4) is 0 Å². The Labute approximate surface area is 191 Å². The van der Waals surface area contributed by atoms with Gasteiger partial charge in [-0.25, -0.2) is 0 Å². The predicted molar refractivity (Wildman–Crippen MR) is 126 cm³/mol. The summed E-state index contributed by atoms with van der Waals surface area (Å²) in [5.41, 5.74) is 2.99. The Morgan fingerprint density at radius 1 is 1.16 bits per heavy atom. The summed E-state index contributed by atoms with van der Waals surface area (Å²) in [5, 5.41) is 2.94. The molecular weight excluding hydrogens is 436 g/mol. The number of hydrogen-bond acceptors (Lipinski definition) is 5. The van der Waals surface area contributed by atoms with Crippen LogP contribution in [0.2, 0.25) is 5.02 Å².